The van der Waals surface area contributed by atoms with Crippen molar-refractivity contribution in [1.82, 2.24) is 0 Å². The number of unbranched alkanes of at least 4 members (excludes halogenated alkanes) is 1. The molecule has 18 heavy (non-hydrogen) atoms. The molecule has 0 aromatic carbocycles. The molecule has 0 spiro atoms. The lowest BCUT2D eigenvalue weighted by atomic mass is 9.98. The molecule has 4 rings (SSSR count). The van der Waals surface area contributed by atoms with Crippen molar-refractivity contribution >= 4 is 7.92 Å². The van der Waals surface area contributed by atoms with Crippen molar-refractivity contribution in [3.8, 4) is 0 Å². The van der Waals surface area contributed by atoms with Gasteiger partial charge >= 0.3 is 0 Å². The van der Waals surface area contributed by atoms with Crippen LogP contribution in [0.3, 0.4) is 0 Å². The number of hydrogen-bond acceptors (Lipinski definition) is 3. The highest BCUT2D eigenvalue weighted by Crippen LogP contribution is 2.76. The molecule has 4 saturated heterocycles. The summed E-state index contributed by atoms with van der Waals surface area (Å²) in [6, 6.07) is 0. The molecule has 0 N–H and O–H groups in total. The Hall–Kier alpha value is 0.310. The van der Waals surface area contributed by atoms with Crippen molar-refractivity contribution in [3.05, 3.63) is 0 Å². The fourth-order valence-corrected chi connectivity index (χ4v) is 8.57. The zero-order chi connectivity index (χ0) is 13.2. The Kier molecular flexibility index (Phi) is 2.73. The second-order valence-electron chi connectivity index (χ2n) is 6.78. The topological polar surface area (TPSA) is 27.7 Å². The first-order valence-corrected chi connectivity index (χ1v) is 8.64. The van der Waals surface area contributed by atoms with Crippen LogP contribution in [0.2, 0.25) is 0 Å². The molecule has 0 aromatic heterocycles. The molecule has 4 aliphatic rings. The molecule has 4 aliphatic heterocycles. The average Bonchev–Trinajstić information content (AvgIpc) is 2.09. The fraction of sp³-hybridized carbons (Fsp3) is 1.00. The largest absolute Gasteiger partial charge is 0.339 e. The maximum atomic E-state index is 6.36. The molecular formula is C14H25O3P. The lowest BCUT2D eigenvalue weighted by Crippen LogP contribution is -2.71. The van der Waals surface area contributed by atoms with Gasteiger partial charge in [0, 0.05) is 12.8 Å². The Balaban J connectivity index is 1.96. The van der Waals surface area contributed by atoms with Gasteiger partial charge in [-0.2, -0.15) is 0 Å². The molecule has 4 heteroatoms. The van der Waals surface area contributed by atoms with E-state index >= 15 is 0 Å². The molecular weight excluding hydrogens is 247 g/mol. The molecule has 4 heterocycles. The predicted molar refractivity (Wildman–Crippen MR) is 72.8 cm³/mol. The summed E-state index contributed by atoms with van der Waals surface area (Å²) in [5.74, 6) is -0.889. The standard InChI is InChI=1S/C14H25O3P/c1-6-7-8-18-13(4)9-11(2)15-12(3,17-13)10-14(18,5)16-11/h6-10H2,1-5H3. The van der Waals surface area contributed by atoms with Gasteiger partial charge in [-0.1, -0.05) is 13.3 Å². The highest BCUT2D eigenvalue weighted by atomic mass is 31.1. The summed E-state index contributed by atoms with van der Waals surface area (Å²) >= 11 is 0. The second-order valence-corrected chi connectivity index (χ2v) is 9.98. The molecule has 0 amide bonds. The van der Waals surface area contributed by atoms with Gasteiger partial charge in [0.2, 0.25) is 0 Å². The van der Waals surface area contributed by atoms with Crippen molar-refractivity contribution in [3.63, 3.8) is 0 Å². The van der Waals surface area contributed by atoms with Gasteiger partial charge in [0.05, 0.1) is 10.7 Å². The normalized spacial score (nSPS) is 58.2. The molecule has 3 nitrogen and oxygen atoms in total. The minimum absolute atomic E-state index is 0.0303. The maximum Gasteiger partial charge on any atom is 0.173 e. The van der Waals surface area contributed by atoms with Gasteiger partial charge in [0.25, 0.3) is 0 Å². The van der Waals surface area contributed by atoms with Gasteiger partial charge in [-0.15, -0.1) is 0 Å². The van der Waals surface area contributed by atoms with E-state index in [0.717, 1.165) is 12.8 Å². The van der Waals surface area contributed by atoms with E-state index in [1.807, 2.05) is 0 Å². The Morgan fingerprint density at radius 2 is 1.39 bits per heavy atom. The monoisotopic (exact) mass is 272 g/mol. The summed E-state index contributed by atoms with van der Waals surface area (Å²) in [6.45, 7) is 11.0. The maximum absolute atomic E-state index is 6.36. The van der Waals surface area contributed by atoms with E-state index in [1.54, 1.807) is 0 Å². The zero-order valence-electron chi connectivity index (χ0n) is 12.2. The van der Waals surface area contributed by atoms with Crippen molar-refractivity contribution in [2.75, 3.05) is 6.16 Å². The molecule has 0 aromatic rings. The lowest BCUT2D eigenvalue weighted by molar-refractivity contribution is -0.468. The minimum atomic E-state index is -0.445. The highest BCUT2D eigenvalue weighted by molar-refractivity contribution is 7.60. The average molecular weight is 272 g/mol. The van der Waals surface area contributed by atoms with Crippen LogP contribution in [0.15, 0.2) is 0 Å². The molecule has 4 atom stereocenters. The first-order valence-electron chi connectivity index (χ1n) is 7.11. The smallest absolute Gasteiger partial charge is 0.173 e. The highest BCUT2D eigenvalue weighted by Gasteiger charge is 2.70. The van der Waals surface area contributed by atoms with Crippen molar-refractivity contribution in [2.24, 2.45) is 0 Å². The first-order chi connectivity index (χ1) is 8.23. The molecule has 4 fully saturated rings. The van der Waals surface area contributed by atoms with Crippen LogP contribution in [-0.2, 0) is 14.2 Å². The van der Waals surface area contributed by atoms with Gasteiger partial charge in [-0.05, 0) is 48.2 Å². The third kappa shape index (κ3) is 1.78. The quantitative estimate of drug-likeness (QED) is 0.727. The van der Waals surface area contributed by atoms with E-state index in [-0.39, 0.29) is 18.6 Å². The van der Waals surface area contributed by atoms with Crippen LogP contribution in [0.5, 0.6) is 0 Å². The van der Waals surface area contributed by atoms with Gasteiger partial charge in [0.1, 0.15) is 0 Å². The molecule has 0 aliphatic carbocycles. The Bertz CT molecular complexity index is 326. The summed E-state index contributed by atoms with van der Waals surface area (Å²) in [5, 5.41) is -0.0605. The third-order valence-electron chi connectivity index (χ3n) is 4.48. The van der Waals surface area contributed by atoms with Crippen molar-refractivity contribution < 1.29 is 14.2 Å². The van der Waals surface area contributed by atoms with Crippen LogP contribution >= 0.6 is 7.92 Å². The third-order valence-corrected chi connectivity index (χ3v) is 8.02. The fourth-order valence-electron chi connectivity index (χ4n) is 4.43. The van der Waals surface area contributed by atoms with Crippen LogP contribution in [0.1, 0.15) is 60.3 Å². The van der Waals surface area contributed by atoms with Crippen LogP contribution in [-0.4, -0.2) is 28.4 Å². The summed E-state index contributed by atoms with van der Waals surface area (Å²) in [4.78, 5) is 0. The molecule has 0 saturated carbocycles. The van der Waals surface area contributed by atoms with E-state index in [1.165, 1.54) is 19.0 Å². The van der Waals surface area contributed by atoms with E-state index in [0.29, 0.717) is 0 Å². The molecule has 4 unspecified atom stereocenters. The van der Waals surface area contributed by atoms with Gasteiger partial charge in [-0.3, -0.25) is 0 Å². The van der Waals surface area contributed by atoms with Crippen molar-refractivity contribution in [1.29, 1.82) is 0 Å². The summed E-state index contributed by atoms with van der Waals surface area (Å²) in [6.07, 6.45) is 5.53. The Morgan fingerprint density at radius 1 is 0.889 bits per heavy atom. The Labute approximate surface area is 111 Å². The van der Waals surface area contributed by atoms with Gasteiger partial charge < -0.3 is 14.2 Å². The van der Waals surface area contributed by atoms with E-state index < -0.39 is 11.6 Å². The van der Waals surface area contributed by atoms with Crippen LogP contribution in [0, 0.1) is 0 Å². The van der Waals surface area contributed by atoms with Crippen LogP contribution in [0.4, 0.5) is 0 Å². The number of ether oxygens (including phenoxy) is 3. The lowest BCUT2D eigenvalue weighted by Gasteiger charge is -2.69. The van der Waals surface area contributed by atoms with E-state index in [9.17, 15) is 0 Å². The zero-order valence-corrected chi connectivity index (χ0v) is 13.1. The summed E-state index contributed by atoms with van der Waals surface area (Å²) in [5.41, 5.74) is 0. The minimum Gasteiger partial charge on any atom is -0.339 e. The van der Waals surface area contributed by atoms with Crippen molar-refractivity contribution in [2.45, 2.75) is 82.6 Å². The van der Waals surface area contributed by atoms with E-state index in [4.69, 9.17) is 14.2 Å². The summed E-state index contributed by atoms with van der Waals surface area (Å²) in [7, 11) is -0.264. The molecule has 4 bridgehead atoms. The first kappa shape index (κ1) is 13.3. The second kappa shape index (κ2) is 3.69. The molecule has 104 valence electrons. The van der Waals surface area contributed by atoms with Gasteiger partial charge in [0.15, 0.2) is 11.6 Å². The van der Waals surface area contributed by atoms with Crippen LogP contribution < -0.4 is 0 Å². The Morgan fingerprint density at radius 3 is 1.83 bits per heavy atom. The molecule has 0 radical (unpaired) electrons. The van der Waals surface area contributed by atoms with Crippen LogP contribution in [0.25, 0.3) is 0 Å². The SMILES string of the molecule is CCCCP1C2(C)CC3(C)OC(C)(CC1(C)O3)O2. The van der Waals surface area contributed by atoms with E-state index in [2.05, 4.69) is 34.6 Å². The number of hydrogen-bond donors (Lipinski definition) is 0. The van der Waals surface area contributed by atoms with Gasteiger partial charge in [-0.25, -0.2) is 0 Å². The summed E-state index contributed by atoms with van der Waals surface area (Å²) < 4.78 is 18.8. The number of rotatable bonds is 3. The predicted octanol–water partition coefficient (Wildman–Crippen LogP) is 4.00.